The van der Waals surface area contributed by atoms with Gasteiger partial charge in [0.25, 0.3) is 0 Å². The third-order valence-corrected chi connectivity index (χ3v) is 4.38. The van der Waals surface area contributed by atoms with Crippen molar-refractivity contribution in [1.29, 1.82) is 0 Å². The summed E-state index contributed by atoms with van der Waals surface area (Å²) >= 11 is 13.2. The van der Waals surface area contributed by atoms with E-state index in [4.69, 9.17) is 11.6 Å². The molecule has 0 saturated heterocycles. The Kier molecular flexibility index (Phi) is 4.81. The van der Waals surface area contributed by atoms with E-state index in [1.807, 2.05) is 18.2 Å². The number of aromatic nitrogens is 3. The van der Waals surface area contributed by atoms with Crippen molar-refractivity contribution in [2.24, 2.45) is 0 Å². The Morgan fingerprint density at radius 1 is 1.33 bits per heavy atom. The molecule has 0 radical (unpaired) electrons. The molecule has 2 aromatic rings. The Morgan fingerprint density at radius 2 is 2.11 bits per heavy atom. The second-order valence-electron chi connectivity index (χ2n) is 3.83. The molecule has 6 heteroatoms. The van der Waals surface area contributed by atoms with Crippen molar-refractivity contribution in [1.82, 2.24) is 14.8 Å². The van der Waals surface area contributed by atoms with Gasteiger partial charge < -0.3 is 4.57 Å². The maximum absolute atomic E-state index is 6.31. The van der Waals surface area contributed by atoms with Crippen LogP contribution in [-0.4, -0.2) is 14.8 Å². The van der Waals surface area contributed by atoms with Crippen LogP contribution in [0.2, 0.25) is 5.02 Å². The summed E-state index contributed by atoms with van der Waals surface area (Å²) in [6.07, 6.45) is 1.02. The molecule has 0 unspecified atom stereocenters. The maximum atomic E-state index is 6.31. The van der Waals surface area contributed by atoms with Crippen LogP contribution in [0.25, 0.3) is 11.4 Å². The third-order valence-electron chi connectivity index (χ3n) is 2.59. The Hall–Kier alpha value is -0.390. The number of hydrogen-bond donors (Lipinski definition) is 0. The molecule has 0 fully saturated rings. The number of rotatable bonds is 4. The summed E-state index contributed by atoms with van der Waals surface area (Å²) in [5.74, 6) is 1.74. The zero-order chi connectivity index (χ0) is 13.1. The normalized spacial score (nSPS) is 10.9. The van der Waals surface area contributed by atoms with E-state index < -0.39 is 0 Å². The molecule has 0 aliphatic rings. The quantitative estimate of drug-likeness (QED) is 0.707. The van der Waals surface area contributed by atoms with E-state index in [9.17, 15) is 0 Å². The van der Waals surface area contributed by atoms with Crippen LogP contribution in [0.5, 0.6) is 0 Å². The van der Waals surface area contributed by atoms with Crippen molar-refractivity contribution in [3.8, 4) is 11.4 Å². The highest BCUT2D eigenvalue weighted by molar-refractivity contribution is 9.10. The van der Waals surface area contributed by atoms with Gasteiger partial charge in [0.2, 0.25) is 0 Å². The Morgan fingerprint density at radius 3 is 2.78 bits per heavy atom. The van der Waals surface area contributed by atoms with E-state index in [1.54, 1.807) is 0 Å². The second kappa shape index (κ2) is 6.17. The fourth-order valence-corrected chi connectivity index (χ4v) is 2.76. The summed E-state index contributed by atoms with van der Waals surface area (Å²) in [6, 6.07) is 5.82. The summed E-state index contributed by atoms with van der Waals surface area (Å²) in [7, 11) is 0. The molecule has 0 atom stereocenters. The SMILES string of the molecule is CCCn1c(CBr)nnc1-c1cccc(Br)c1Cl. The number of hydrogen-bond acceptors (Lipinski definition) is 2. The number of nitrogens with zero attached hydrogens (tertiary/aromatic N) is 3. The first-order chi connectivity index (χ1) is 8.69. The third kappa shape index (κ3) is 2.63. The second-order valence-corrected chi connectivity index (χ2v) is 5.62. The van der Waals surface area contributed by atoms with E-state index >= 15 is 0 Å². The van der Waals surface area contributed by atoms with Crippen molar-refractivity contribution in [2.45, 2.75) is 25.2 Å². The molecule has 0 saturated carbocycles. The minimum absolute atomic E-state index is 0.670. The Balaban J connectivity index is 2.56. The van der Waals surface area contributed by atoms with E-state index in [0.717, 1.165) is 34.7 Å². The van der Waals surface area contributed by atoms with E-state index in [0.29, 0.717) is 10.4 Å². The van der Waals surface area contributed by atoms with Crippen molar-refractivity contribution in [2.75, 3.05) is 0 Å². The lowest BCUT2D eigenvalue weighted by atomic mass is 10.2. The van der Waals surface area contributed by atoms with Gasteiger partial charge in [0, 0.05) is 16.6 Å². The van der Waals surface area contributed by atoms with Gasteiger partial charge in [0.05, 0.1) is 10.4 Å². The van der Waals surface area contributed by atoms with Crippen LogP contribution >= 0.6 is 43.5 Å². The molecule has 0 aliphatic carbocycles. The average Bonchev–Trinajstić information content (AvgIpc) is 2.76. The van der Waals surface area contributed by atoms with Crippen molar-refractivity contribution < 1.29 is 0 Å². The van der Waals surface area contributed by atoms with Crippen molar-refractivity contribution in [3.05, 3.63) is 33.5 Å². The number of alkyl halides is 1. The predicted molar refractivity (Wildman–Crippen MR) is 81.1 cm³/mol. The highest BCUT2D eigenvalue weighted by atomic mass is 79.9. The predicted octanol–water partition coefficient (Wildman–Crippen LogP) is 4.67. The molecule has 0 N–H and O–H groups in total. The molecule has 0 aliphatic heterocycles. The molecular formula is C12H12Br2ClN3. The molecular weight excluding hydrogens is 381 g/mol. The van der Waals surface area contributed by atoms with E-state index in [2.05, 4.69) is 53.5 Å². The molecule has 0 bridgehead atoms. The van der Waals surface area contributed by atoms with Gasteiger partial charge in [-0.1, -0.05) is 40.5 Å². The lowest BCUT2D eigenvalue weighted by Crippen LogP contribution is -2.04. The minimum atomic E-state index is 0.670. The Bertz CT molecular complexity index is 554. The number of halogens is 3. The summed E-state index contributed by atoms with van der Waals surface area (Å²) in [4.78, 5) is 0. The van der Waals surface area contributed by atoms with Crippen molar-refractivity contribution >= 4 is 43.5 Å². The topological polar surface area (TPSA) is 30.7 Å². The van der Waals surface area contributed by atoms with Crippen molar-refractivity contribution in [3.63, 3.8) is 0 Å². The van der Waals surface area contributed by atoms with E-state index in [1.165, 1.54) is 0 Å². The molecule has 1 heterocycles. The molecule has 3 nitrogen and oxygen atoms in total. The fourth-order valence-electron chi connectivity index (χ4n) is 1.77. The first-order valence-corrected chi connectivity index (χ1v) is 7.90. The summed E-state index contributed by atoms with van der Waals surface area (Å²) in [6.45, 7) is 3.01. The zero-order valence-corrected chi connectivity index (χ0v) is 13.8. The van der Waals surface area contributed by atoms with Gasteiger partial charge in [0.1, 0.15) is 5.82 Å². The standard InChI is InChI=1S/C12H12Br2ClN3/c1-2-6-18-10(7-13)16-17-12(18)8-4-3-5-9(14)11(8)15/h3-5H,2,6-7H2,1H3. The lowest BCUT2D eigenvalue weighted by molar-refractivity contribution is 0.661. The van der Waals surface area contributed by atoms with Crippen LogP contribution < -0.4 is 0 Å². The van der Waals surface area contributed by atoms with Crippen LogP contribution in [0.3, 0.4) is 0 Å². The van der Waals surface area contributed by atoms with Gasteiger partial charge in [-0.25, -0.2) is 0 Å². The van der Waals surface area contributed by atoms with E-state index in [-0.39, 0.29) is 0 Å². The molecule has 2 rings (SSSR count). The minimum Gasteiger partial charge on any atom is -0.310 e. The Labute approximate surface area is 128 Å². The highest BCUT2D eigenvalue weighted by Gasteiger charge is 2.15. The van der Waals surface area contributed by atoms with Gasteiger partial charge in [-0.2, -0.15) is 0 Å². The first-order valence-electron chi connectivity index (χ1n) is 5.61. The van der Waals surface area contributed by atoms with Gasteiger partial charge in [-0.3, -0.25) is 0 Å². The lowest BCUT2D eigenvalue weighted by Gasteiger charge is -2.09. The molecule has 18 heavy (non-hydrogen) atoms. The largest absolute Gasteiger partial charge is 0.310 e. The van der Waals surface area contributed by atoms with Gasteiger partial charge in [-0.15, -0.1) is 10.2 Å². The molecule has 1 aromatic carbocycles. The fraction of sp³-hybridized carbons (Fsp3) is 0.333. The number of benzene rings is 1. The molecule has 96 valence electrons. The van der Waals surface area contributed by atoms with Crippen LogP contribution in [0, 0.1) is 0 Å². The van der Waals surface area contributed by atoms with Crippen LogP contribution in [0.1, 0.15) is 19.2 Å². The summed E-state index contributed by atoms with van der Waals surface area (Å²) in [5.41, 5.74) is 0.902. The molecule has 1 aromatic heterocycles. The van der Waals surface area contributed by atoms with Gasteiger partial charge >= 0.3 is 0 Å². The summed E-state index contributed by atoms with van der Waals surface area (Å²) < 4.78 is 2.97. The first kappa shape index (κ1) is 14.0. The summed E-state index contributed by atoms with van der Waals surface area (Å²) in [5, 5.41) is 9.80. The average molecular weight is 394 g/mol. The van der Waals surface area contributed by atoms with Crippen LogP contribution in [0.4, 0.5) is 0 Å². The molecule has 0 amide bonds. The highest BCUT2D eigenvalue weighted by Crippen LogP contribution is 2.33. The molecule has 0 spiro atoms. The maximum Gasteiger partial charge on any atom is 0.165 e. The zero-order valence-electron chi connectivity index (χ0n) is 9.83. The smallest absolute Gasteiger partial charge is 0.165 e. The van der Waals surface area contributed by atoms with Crippen LogP contribution in [0.15, 0.2) is 22.7 Å². The van der Waals surface area contributed by atoms with Gasteiger partial charge in [-0.05, 0) is 34.5 Å². The van der Waals surface area contributed by atoms with Gasteiger partial charge in [0.15, 0.2) is 5.82 Å². The monoisotopic (exact) mass is 391 g/mol. The van der Waals surface area contributed by atoms with Crippen LogP contribution in [-0.2, 0) is 11.9 Å².